The van der Waals surface area contributed by atoms with E-state index in [2.05, 4.69) is 5.32 Å². The molecule has 1 saturated heterocycles. The summed E-state index contributed by atoms with van der Waals surface area (Å²) in [7, 11) is 1.83. The van der Waals surface area contributed by atoms with Crippen LogP contribution in [0, 0.1) is 5.82 Å². The minimum absolute atomic E-state index is 0. The van der Waals surface area contributed by atoms with E-state index >= 15 is 0 Å². The fourth-order valence-corrected chi connectivity index (χ4v) is 2.43. The van der Waals surface area contributed by atoms with Gasteiger partial charge in [0.1, 0.15) is 5.82 Å². The van der Waals surface area contributed by atoms with E-state index in [0.29, 0.717) is 31.3 Å². The van der Waals surface area contributed by atoms with E-state index < -0.39 is 23.5 Å². The van der Waals surface area contributed by atoms with E-state index in [9.17, 15) is 22.4 Å². The van der Waals surface area contributed by atoms with Crippen LogP contribution in [-0.4, -0.2) is 37.0 Å². The van der Waals surface area contributed by atoms with Crippen LogP contribution >= 0.6 is 12.4 Å². The molecule has 22 heavy (non-hydrogen) atoms. The Hall–Kier alpha value is -1.34. The SMILES string of the molecule is CNC1CCN(C(=O)c2ccc(F)c(C(F)(F)F)c2)CC1.Cl. The lowest BCUT2D eigenvalue weighted by atomic mass is 10.0. The Kier molecular flexibility index (Phi) is 6.19. The van der Waals surface area contributed by atoms with Gasteiger partial charge < -0.3 is 10.2 Å². The Balaban J connectivity index is 0.00000242. The quantitative estimate of drug-likeness (QED) is 0.839. The van der Waals surface area contributed by atoms with Gasteiger partial charge in [0.2, 0.25) is 0 Å². The van der Waals surface area contributed by atoms with Gasteiger partial charge in [-0.15, -0.1) is 12.4 Å². The second-order valence-electron chi connectivity index (χ2n) is 5.05. The van der Waals surface area contributed by atoms with Crippen molar-refractivity contribution >= 4 is 18.3 Å². The second kappa shape index (κ2) is 7.28. The highest BCUT2D eigenvalue weighted by molar-refractivity contribution is 5.94. The summed E-state index contributed by atoms with van der Waals surface area (Å²) in [6.07, 6.45) is -3.31. The van der Waals surface area contributed by atoms with Crippen LogP contribution in [0.1, 0.15) is 28.8 Å². The van der Waals surface area contributed by atoms with E-state index in [0.717, 1.165) is 18.9 Å². The number of halogens is 5. The van der Waals surface area contributed by atoms with Crippen molar-refractivity contribution < 1.29 is 22.4 Å². The molecule has 0 bridgehead atoms. The van der Waals surface area contributed by atoms with Crippen LogP contribution in [0.15, 0.2) is 18.2 Å². The van der Waals surface area contributed by atoms with Gasteiger partial charge in [0.15, 0.2) is 0 Å². The number of piperidine rings is 1. The Morgan fingerprint density at radius 2 is 1.86 bits per heavy atom. The largest absolute Gasteiger partial charge is 0.419 e. The monoisotopic (exact) mass is 340 g/mol. The third-order valence-electron chi connectivity index (χ3n) is 3.71. The normalized spacial score (nSPS) is 16.3. The molecule has 124 valence electrons. The summed E-state index contributed by atoms with van der Waals surface area (Å²) in [6.45, 7) is 0.951. The molecule has 0 radical (unpaired) electrons. The minimum Gasteiger partial charge on any atom is -0.339 e. The van der Waals surface area contributed by atoms with E-state index in [1.54, 1.807) is 0 Å². The molecule has 0 aromatic heterocycles. The van der Waals surface area contributed by atoms with Crippen molar-refractivity contribution in [1.29, 1.82) is 0 Å². The Morgan fingerprint density at radius 3 is 2.36 bits per heavy atom. The van der Waals surface area contributed by atoms with Gasteiger partial charge in [0.25, 0.3) is 5.91 Å². The van der Waals surface area contributed by atoms with Gasteiger partial charge in [-0.05, 0) is 38.1 Å². The maximum absolute atomic E-state index is 13.2. The number of benzene rings is 1. The van der Waals surface area contributed by atoms with Crippen molar-refractivity contribution in [2.24, 2.45) is 0 Å². The molecular weight excluding hydrogens is 324 g/mol. The Labute approximate surface area is 132 Å². The fraction of sp³-hybridized carbons (Fsp3) is 0.500. The third-order valence-corrected chi connectivity index (χ3v) is 3.71. The van der Waals surface area contributed by atoms with Gasteiger partial charge in [-0.25, -0.2) is 4.39 Å². The summed E-state index contributed by atoms with van der Waals surface area (Å²) in [4.78, 5) is 13.7. The van der Waals surface area contributed by atoms with Crippen LogP contribution < -0.4 is 5.32 Å². The Morgan fingerprint density at radius 1 is 1.27 bits per heavy atom. The molecule has 1 aliphatic heterocycles. The van der Waals surface area contributed by atoms with Gasteiger partial charge in [0, 0.05) is 24.7 Å². The number of carbonyl (C=O) groups excluding carboxylic acids is 1. The molecule has 1 heterocycles. The average molecular weight is 341 g/mol. The lowest BCUT2D eigenvalue weighted by Gasteiger charge is -2.32. The zero-order chi connectivity index (χ0) is 15.6. The molecule has 1 aliphatic rings. The lowest BCUT2D eigenvalue weighted by molar-refractivity contribution is -0.140. The number of rotatable bonds is 2. The smallest absolute Gasteiger partial charge is 0.339 e. The second-order valence-corrected chi connectivity index (χ2v) is 5.05. The molecule has 2 rings (SSSR count). The van der Waals surface area contributed by atoms with Crippen LogP contribution in [0.4, 0.5) is 17.6 Å². The number of amides is 1. The molecule has 1 amide bonds. The average Bonchev–Trinajstić information content (AvgIpc) is 2.46. The predicted octanol–water partition coefficient (Wildman–Crippen LogP) is 3.09. The van der Waals surface area contributed by atoms with E-state index in [1.807, 2.05) is 7.05 Å². The third kappa shape index (κ3) is 4.10. The van der Waals surface area contributed by atoms with E-state index in [-0.39, 0.29) is 18.0 Å². The maximum Gasteiger partial charge on any atom is 0.419 e. The minimum atomic E-state index is -4.81. The first-order valence-corrected chi connectivity index (χ1v) is 6.66. The molecule has 1 fully saturated rings. The molecule has 0 spiro atoms. The summed E-state index contributed by atoms with van der Waals surface area (Å²) < 4.78 is 51.2. The molecule has 0 aliphatic carbocycles. The van der Waals surface area contributed by atoms with Crippen molar-refractivity contribution in [2.45, 2.75) is 25.1 Å². The van der Waals surface area contributed by atoms with E-state index in [1.165, 1.54) is 4.90 Å². The number of nitrogens with zero attached hydrogens (tertiary/aromatic N) is 1. The van der Waals surface area contributed by atoms with E-state index in [4.69, 9.17) is 0 Å². The van der Waals surface area contributed by atoms with Crippen molar-refractivity contribution in [3.63, 3.8) is 0 Å². The van der Waals surface area contributed by atoms with Crippen LogP contribution in [-0.2, 0) is 6.18 Å². The van der Waals surface area contributed by atoms with Crippen LogP contribution in [0.25, 0.3) is 0 Å². The molecule has 0 saturated carbocycles. The first kappa shape index (κ1) is 18.7. The summed E-state index contributed by atoms with van der Waals surface area (Å²) in [5.41, 5.74) is -1.54. The standard InChI is InChI=1S/C14H16F4N2O.ClH/c1-19-10-4-6-20(7-5-10)13(21)9-2-3-12(15)11(8-9)14(16,17)18;/h2-3,8,10,19H,4-7H2,1H3;1H. The topological polar surface area (TPSA) is 32.3 Å². The van der Waals surface area contributed by atoms with Crippen molar-refractivity contribution in [1.82, 2.24) is 10.2 Å². The number of hydrogen-bond donors (Lipinski definition) is 1. The van der Waals surface area contributed by atoms with Gasteiger partial charge in [-0.1, -0.05) is 0 Å². The first-order chi connectivity index (χ1) is 9.82. The number of nitrogens with one attached hydrogen (secondary N) is 1. The summed E-state index contributed by atoms with van der Waals surface area (Å²) in [5.74, 6) is -1.86. The van der Waals surface area contributed by atoms with Crippen LogP contribution in [0.3, 0.4) is 0 Å². The number of alkyl halides is 3. The molecule has 1 N–H and O–H groups in total. The number of hydrogen-bond acceptors (Lipinski definition) is 2. The van der Waals surface area contributed by atoms with Crippen molar-refractivity contribution in [3.8, 4) is 0 Å². The molecule has 3 nitrogen and oxygen atoms in total. The van der Waals surface area contributed by atoms with Gasteiger partial charge in [-0.2, -0.15) is 13.2 Å². The highest BCUT2D eigenvalue weighted by atomic mass is 35.5. The van der Waals surface area contributed by atoms with Crippen molar-refractivity contribution in [3.05, 3.63) is 35.1 Å². The van der Waals surface area contributed by atoms with Crippen LogP contribution in [0.2, 0.25) is 0 Å². The summed E-state index contributed by atoms with van der Waals surface area (Å²) >= 11 is 0. The first-order valence-electron chi connectivity index (χ1n) is 6.66. The molecule has 1 aromatic carbocycles. The number of carbonyl (C=O) groups is 1. The molecule has 0 unspecified atom stereocenters. The molecule has 8 heteroatoms. The fourth-order valence-electron chi connectivity index (χ4n) is 2.43. The van der Waals surface area contributed by atoms with Crippen molar-refractivity contribution in [2.75, 3.05) is 20.1 Å². The Bertz CT molecular complexity index is 528. The molecule has 1 aromatic rings. The number of likely N-dealkylation sites (tertiary alicyclic amines) is 1. The molecular formula is C14H17ClF4N2O. The predicted molar refractivity (Wildman–Crippen MR) is 76.6 cm³/mol. The zero-order valence-electron chi connectivity index (χ0n) is 11.9. The molecule has 0 atom stereocenters. The van der Waals surface area contributed by atoms with Gasteiger partial charge in [-0.3, -0.25) is 4.79 Å². The summed E-state index contributed by atoms with van der Waals surface area (Å²) in [5, 5.41) is 3.10. The highest BCUT2D eigenvalue weighted by Crippen LogP contribution is 2.32. The highest BCUT2D eigenvalue weighted by Gasteiger charge is 2.35. The van der Waals surface area contributed by atoms with Gasteiger partial charge in [0.05, 0.1) is 5.56 Å². The lowest BCUT2D eigenvalue weighted by Crippen LogP contribution is -2.44. The zero-order valence-corrected chi connectivity index (χ0v) is 12.7. The van der Waals surface area contributed by atoms with Gasteiger partial charge >= 0.3 is 6.18 Å². The summed E-state index contributed by atoms with van der Waals surface area (Å²) in [6, 6.07) is 2.68. The maximum atomic E-state index is 13.2. The van der Waals surface area contributed by atoms with Crippen LogP contribution in [0.5, 0.6) is 0 Å².